The molecular weight excluding hydrogens is 380 g/mol. The van der Waals surface area contributed by atoms with E-state index in [0.717, 1.165) is 0 Å². The first-order valence-electron chi connectivity index (χ1n) is 8.32. The van der Waals surface area contributed by atoms with Gasteiger partial charge >= 0.3 is 5.97 Å². The van der Waals surface area contributed by atoms with Gasteiger partial charge in [-0.05, 0) is 43.3 Å². The van der Waals surface area contributed by atoms with Crippen LogP contribution in [0.3, 0.4) is 0 Å². The van der Waals surface area contributed by atoms with Crippen molar-refractivity contribution < 1.29 is 14.3 Å². The molecule has 0 fully saturated rings. The van der Waals surface area contributed by atoms with Crippen molar-refractivity contribution in [1.82, 2.24) is 9.97 Å². The van der Waals surface area contributed by atoms with E-state index < -0.39 is 5.97 Å². The zero-order valence-corrected chi connectivity index (χ0v) is 15.9. The van der Waals surface area contributed by atoms with Gasteiger partial charge in [0.15, 0.2) is 0 Å². The number of aryl methyl sites for hydroxylation is 1. The fourth-order valence-corrected chi connectivity index (χ4v) is 2.69. The Balaban J connectivity index is 1.81. The van der Waals surface area contributed by atoms with Crippen LogP contribution in [-0.2, 0) is 4.74 Å². The number of methoxy groups -OCH3 is 1. The minimum absolute atomic E-state index is 0.194. The van der Waals surface area contributed by atoms with Crippen molar-refractivity contribution in [1.29, 1.82) is 0 Å². The van der Waals surface area contributed by atoms with Gasteiger partial charge in [0, 0.05) is 22.5 Å². The van der Waals surface area contributed by atoms with Gasteiger partial charge in [-0.1, -0.05) is 23.7 Å². The van der Waals surface area contributed by atoms with Crippen LogP contribution in [0.5, 0.6) is 0 Å². The maximum Gasteiger partial charge on any atom is 0.337 e. The third-order valence-corrected chi connectivity index (χ3v) is 3.94. The SMILES string of the molecule is COC(=O)c1cccc(Nc2cc(C(=O)Nc3cccc(Cl)c3)nc(C)n2)c1. The van der Waals surface area contributed by atoms with Crippen LogP contribution in [-0.4, -0.2) is 29.0 Å². The summed E-state index contributed by atoms with van der Waals surface area (Å²) in [5.74, 6) is 0.0133. The lowest BCUT2D eigenvalue weighted by Crippen LogP contribution is -2.15. The first-order chi connectivity index (χ1) is 13.4. The summed E-state index contributed by atoms with van der Waals surface area (Å²) >= 11 is 5.94. The summed E-state index contributed by atoms with van der Waals surface area (Å²) in [5.41, 5.74) is 1.78. The van der Waals surface area contributed by atoms with Crippen LogP contribution in [0.15, 0.2) is 54.6 Å². The van der Waals surface area contributed by atoms with Crippen molar-refractivity contribution in [2.75, 3.05) is 17.7 Å². The summed E-state index contributed by atoms with van der Waals surface area (Å²) in [7, 11) is 1.32. The minimum Gasteiger partial charge on any atom is -0.465 e. The molecular formula is C20H17ClN4O3. The second-order valence-electron chi connectivity index (χ2n) is 5.85. The van der Waals surface area contributed by atoms with E-state index in [9.17, 15) is 9.59 Å². The van der Waals surface area contributed by atoms with Gasteiger partial charge < -0.3 is 15.4 Å². The van der Waals surface area contributed by atoms with Crippen LogP contribution in [0, 0.1) is 6.92 Å². The van der Waals surface area contributed by atoms with Crippen LogP contribution in [0.4, 0.5) is 17.2 Å². The van der Waals surface area contributed by atoms with Crippen molar-refractivity contribution in [3.8, 4) is 0 Å². The number of amides is 1. The molecule has 1 heterocycles. The largest absolute Gasteiger partial charge is 0.465 e. The number of ether oxygens (including phenoxy) is 1. The predicted molar refractivity (Wildman–Crippen MR) is 107 cm³/mol. The maximum absolute atomic E-state index is 12.5. The van der Waals surface area contributed by atoms with Crippen molar-refractivity contribution >= 4 is 40.7 Å². The second-order valence-corrected chi connectivity index (χ2v) is 6.28. The van der Waals surface area contributed by atoms with E-state index >= 15 is 0 Å². The van der Waals surface area contributed by atoms with E-state index in [4.69, 9.17) is 16.3 Å². The Labute approximate surface area is 166 Å². The van der Waals surface area contributed by atoms with Gasteiger partial charge in [0.25, 0.3) is 5.91 Å². The van der Waals surface area contributed by atoms with Crippen LogP contribution in [0.1, 0.15) is 26.7 Å². The number of carbonyl (C=O) groups excluding carboxylic acids is 2. The van der Waals surface area contributed by atoms with E-state index in [1.54, 1.807) is 55.5 Å². The summed E-state index contributed by atoms with van der Waals surface area (Å²) in [6.45, 7) is 1.69. The van der Waals surface area contributed by atoms with Crippen LogP contribution < -0.4 is 10.6 Å². The zero-order valence-electron chi connectivity index (χ0n) is 15.2. The topological polar surface area (TPSA) is 93.2 Å². The minimum atomic E-state index is -0.441. The number of aromatic nitrogens is 2. The molecule has 0 radical (unpaired) electrons. The fourth-order valence-electron chi connectivity index (χ4n) is 2.50. The van der Waals surface area contributed by atoms with Crippen LogP contribution in [0.25, 0.3) is 0 Å². The van der Waals surface area contributed by atoms with Gasteiger partial charge in [0.05, 0.1) is 12.7 Å². The van der Waals surface area contributed by atoms with Crippen molar-refractivity contribution in [2.24, 2.45) is 0 Å². The lowest BCUT2D eigenvalue weighted by molar-refractivity contribution is 0.0600. The highest BCUT2D eigenvalue weighted by atomic mass is 35.5. The average Bonchev–Trinajstić information content (AvgIpc) is 2.67. The van der Waals surface area contributed by atoms with Crippen LogP contribution in [0.2, 0.25) is 5.02 Å². The molecule has 2 aromatic carbocycles. The van der Waals surface area contributed by atoms with Gasteiger partial charge in [-0.15, -0.1) is 0 Å². The number of hydrogen-bond donors (Lipinski definition) is 2. The Kier molecular flexibility index (Phi) is 5.86. The summed E-state index contributed by atoms with van der Waals surface area (Å²) in [6.07, 6.45) is 0. The number of rotatable bonds is 5. The number of esters is 1. The Morgan fingerprint density at radius 1 is 1.00 bits per heavy atom. The predicted octanol–water partition coefficient (Wildman–Crippen LogP) is 4.22. The van der Waals surface area contributed by atoms with Crippen molar-refractivity contribution in [3.05, 3.63) is 76.7 Å². The first kappa shape index (κ1) is 19.3. The highest BCUT2D eigenvalue weighted by Crippen LogP contribution is 2.19. The zero-order chi connectivity index (χ0) is 20.1. The number of nitrogens with zero attached hydrogens (tertiary/aromatic N) is 2. The fraction of sp³-hybridized carbons (Fsp3) is 0.100. The molecule has 28 heavy (non-hydrogen) atoms. The first-order valence-corrected chi connectivity index (χ1v) is 8.70. The van der Waals surface area contributed by atoms with Gasteiger partial charge in [0.2, 0.25) is 0 Å². The number of nitrogens with one attached hydrogen (secondary N) is 2. The van der Waals surface area contributed by atoms with Gasteiger partial charge in [-0.2, -0.15) is 0 Å². The van der Waals surface area contributed by atoms with E-state index in [2.05, 4.69) is 20.6 Å². The van der Waals surface area contributed by atoms with Crippen LogP contribution >= 0.6 is 11.6 Å². The molecule has 0 saturated carbocycles. The van der Waals surface area contributed by atoms with E-state index in [1.165, 1.54) is 13.2 Å². The second kappa shape index (κ2) is 8.49. The lowest BCUT2D eigenvalue weighted by atomic mass is 10.2. The molecule has 0 aliphatic heterocycles. The average molecular weight is 397 g/mol. The van der Waals surface area contributed by atoms with E-state index in [-0.39, 0.29) is 11.6 Å². The third-order valence-electron chi connectivity index (χ3n) is 3.71. The Hall–Kier alpha value is -3.45. The molecule has 3 rings (SSSR count). The van der Waals surface area contributed by atoms with Gasteiger partial charge in [-0.3, -0.25) is 4.79 Å². The molecule has 0 unspecified atom stereocenters. The molecule has 3 aromatic rings. The molecule has 0 saturated heterocycles. The number of benzene rings is 2. The molecule has 1 aromatic heterocycles. The molecule has 2 N–H and O–H groups in total. The monoisotopic (exact) mass is 396 g/mol. The Bertz CT molecular complexity index is 1040. The quantitative estimate of drug-likeness (QED) is 0.627. The van der Waals surface area contributed by atoms with Gasteiger partial charge in [-0.25, -0.2) is 14.8 Å². The summed E-state index contributed by atoms with van der Waals surface area (Å²) in [5, 5.41) is 6.34. The number of hydrogen-bond acceptors (Lipinski definition) is 6. The third kappa shape index (κ3) is 4.83. The van der Waals surface area contributed by atoms with Crippen molar-refractivity contribution in [2.45, 2.75) is 6.92 Å². The van der Waals surface area contributed by atoms with E-state index in [0.29, 0.717) is 33.6 Å². The lowest BCUT2D eigenvalue weighted by Gasteiger charge is -2.10. The maximum atomic E-state index is 12.5. The normalized spacial score (nSPS) is 10.2. The Morgan fingerprint density at radius 2 is 1.75 bits per heavy atom. The molecule has 0 spiro atoms. The molecule has 142 valence electrons. The molecule has 8 heteroatoms. The van der Waals surface area contributed by atoms with E-state index in [1.807, 2.05) is 0 Å². The standard InChI is InChI=1S/C20H17ClN4O3/c1-12-22-17(19(26)25-16-8-4-6-14(21)10-16)11-18(23-12)24-15-7-3-5-13(9-15)20(27)28-2/h3-11H,1-2H3,(H,25,26)(H,22,23,24). The summed E-state index contributed by atoms with van der Waals surface area (Å²) in [4.78, 5) is 32.7. The molecule has 1 amide bonds. The number of anilines is 3. The summed E-state index contributed by atoms with van der Waals surface area (Å²) < 4.78 is 4.72. The molecule has 0 aliphatic rings. The molecule has 0 atom stereocenters. The summed E-state index contributed by atoms with van der Waals surface area (Å²) in [6, 6.07) is 15.1. The molecule has 7 nitrogen and oxygen atoms in total. The number of carbonyl (C=O) groups is 2. The van der Waals surface area contributed by atoms with Gasteiger partial charge in [0.1, 0.15) is 17.3 Å². The highest BCUT2D eigenvalue weighted by molar-refractivity contribution is 6.30. The van der Waals surface area contributed by atoms with Crippen molar-refractivity contribution in [3.63, 3.8) is 0 Å². The number of halogens is 1. The highest BCUT2D eigenvalue weighted by Gasteiger charge is 2.12. The molecule has 0 aliphatic carbocycles. The molecule has 0 bridgehead atoms. The Morgan fingerprint density at radius 3 is 2.50 bits per heavy atom. The smallest absolute Gasteiger partial charge is 0.337 e.